The number of rotatable bonds is 39. The van der Waals surface area contributed by atoms with E-state index in [1.807, 2.05) is 21.1 Å². The molecule has 10 heteroatoms. The first-order valence-corrected chi connectivity index (χ1v) is 23.5. The molecule has 56 heavy (non-hydrogen) atoms. The average Bonchev–Trinajstić information content (AvgIpc) is 3.15. The van der Waals surface area contributed by atoms with E-state index in [-0.39, 0.29) is 32.0 Å². The Morgan fingerprint density at radius 3 is 1.46 bits per heavy atom. The van der Waals surface area contributed by atoms with E-state index in [1.165, 1.54) is 64.2 Å². The molecule has 0 fully saturated rings. The van der Waals surface area contributed by atoms with E-state index >= 15 is 0 Å². The maximum atomic E-state index is 12.7. The molecule has 0 saturated heterocycles. The topological polar surface area (TPSA) is 108 Å². The van der Waals surface area contributed by atoms with Crippen molar-refractivity contribution >= 4 is 19.8 Å². The molecule has 0 aromatic rings. The van der Waals surface area contributed by atoms with Crippen LogP contribution in [-0.2, 0) is 32.7 Å². The van der Waals surface area contributed by atoms with E-state index in [1.54, 1.807) is 0 Å². The number of nitrogens with zero attached hydrogens (tertiary/aromatic N) is 1. The smallest absolute Gasteiger partial charge is 0.462 e. The highest BCUT2D eigenvalue weighted by molar-refractivity contribution is 7.47. The number of phosphoric acid groups is 1. The Labute approximate surface area is 343 Å². The molecule has 2 atom stereocenters. The normalized spacial score (nSPS) is 14.2. The zero-order valence-corrected chi connectivity index (χ0v) is 37.2. The molecular formula is C46H83NO8P+. The lowest BCUT2D eigenvalue weighted by Gasteiger charge is -2.24. The molecule has 0 aromatic carbocycles. The Kier molecular flexibility index (Phi) is 36.7. The van der Waals surface area contributed by atoms with Gasteiger partial charge in [0.2, 0.25) is 0 Å². The summed E-state index contributed by atoms with van der Waals surface area (Å²) in [5.41, 5.74) is 0. The van der Waals surface area contributed by atoms with Crippen LogP contribution in [0, 0.1) is 0 Å². The molecule has 0 radical (unpaired) electrons. The van der Waals surface area contributed by atoms with Gasteiger partial charge in [0.1, 0.15) is 19.8 Å². The van der Waals surface area contributed by atoms with E-state index in [0.29, 0.717) is 17.4 Å². The monoisotopic (exact) mass is 809 g/mol. The summed E-state index contributed by atoms with van der Waals surface area (Å²) in [4.78, 5) is 35.3. The molecule has 0 spiro atoms. The van der Waals surface area contributed by atoms with Gasteiger partial charge < -0.3 is 18.9 Å². The van der Waals surface area contributed by atoms with Crippen molar-refractivity contribution in [1.29, 1.82) is 0 Å². The molecule has 0 amide bonds. The number of esters is 2. The molecule has 1 unspecified atom stereocenters. The number of phosphoric ester groups is 1. The molecule has 0 heterocycles. The van der Waals surface area contributed by atoms with Crippen molar-refractivity contribution in [3.05, 3.63) is 60.8 Å². The van der Waals surface area contributed by atoms with Crippen LogP contribution in [0.25, 0.3) is 0 Å². The number of quaternary nitrogens is 1. The molecule has 0 aliphatic heterocycles. The molecular weight excluding hydrogens is 725 g/mol. The van der Waals surface area contributed by atoms with Crippen molar-refractivity contribution < 1.29 is 42.1 Å². The van der Waals surface area contributed by atoms with Gasteiger partial charge in [0.05, 0.1) is 27.7 Å². The molecule has 324 valence electrons. The molecule has 0 aromatic heterocycles. The molecule has 0 aliphatic carbocycles. The van der Waals surface area contributed by atoms with E-state index in [2.05, 4.69) is 74.6 Å². The number of hydrogen-bond acceptors (Lipinski definition) is 7. The molecule has 0 saturated carbocycles. The number of hydrogen-bond donors (Lipinski definition) is 1. The molecule has 1 N–H and O–H groups in total. The van der Waals surface area contributed by atoms with Crippen molar-refractivity contribution in [3.63, 3.8) is 0 Å². The first-order valence-electron chi connectivity index (χ1n) is 22.0. The van der Waals surface area contributed by atoms with Gasteiger partial charge in [-0.05, 0) is 83.5 Å². The Balaban J connectivity index is 4.44. The van der Waals surface area contributed by atoms with Gasteiger partial charge in [-0.1, -0.05) is 132 Å². The highest BCUT2D eigenvalue weighted by atomic mass is 31.2. The zero-order valence-electron chi connectivity index (χ0n) is 36.3. The van der Waals surface area contributed by atoms with Gasteiger partial charge in [-0.25, -0.2) is 4.57 Å². The number of ether oxygens (including phenoxy) is 2. The van der Waals surface area contributed by atoms with Crippen LogP contribution < -0.4 is 0 Å². The van der Waals surface area contributed by atoms with Crippen LogP contribution in [0.3, 0.4) is 0 Å². The summed E-state index contributed by atoms with van der Waals surface area (Å²) in [5, 5.41) is 0. The van der Waals surface area contributed by atoms with E-state index in [4.69, 9.17) is 18.5 Å². The standard InChI is InChI=1S/C46H82NO8P/c1-6-8-10-12-14-16-18-20-22-23-25-26-28-30-32-34-36-38-45(48)52-42-44(43-54-56(50,51)53-41-40-47(3,4)5)55-46(49)39-37-35-33-31-29-27-24-21-19-17-15-13-11-9-7-2/h14-17,20-22,24,29,31,44H,6-13,18-19,23,25-28,30,32-43H2,1-5H3/p+1/b16-14-,17-15-,22-20-,24-21-,31-29-/t44-/m1/s1. The minimum absolute atomic E-state index is 0.0205. The minimum Gasteiger partial charge on any atom is -0.462 e. The summed E-state index contributed by atoms with van der Waals surface area (Å²) in [6.45, 7) is 4.30. The van der Waals surface area contributed by atoms with Gasteiger partial charge in [0, 0.05) is 12.8 Å². The van der Waals surface area contributed by atoms with E-state index < -0.39 is 26.5 Å². The first kappa shape index (κ1) is 53.7. The SMILES string of the molecule is CCCCC/C=C\C/C=C\C/C=C\CCCCC(=O)O[C@H](COC(=O)CCCCCCCCC/C=C\C/C=C\CCCCC)COP(=O)(O)OCC[N+](C)(C)C. The average molecular weight is 809 g/mol. The van der Waals surface area contributed by atoms with Crippen LogP contribution in [0.1, 0.15) is 168 Å². The van der Waals surface area contributed by atoms with Crippen molar-refractivity contribution in [2.45, 2.75) is 174 Å². The lowest BCUT2D eigenvalue weighted by Crippen LogP contribution is -2.37. The van der Waals surface area contributed by atoms with Gasteiger partial charge in [-0.3, -0.25) is 18.6 Å². The van der Waals surface area contributed by atoms with Gasteiger partial charge in [-0.2, -0.15) is 0 Å². The second kappa shape index (κ2) is 38.2. The third-order valence-electron chi connectivity index (χ3n) is 9.02. The lowest BCUT2D eigenvalue weighted by atomic mass is 10.1. The fourth-order valence-corrected chi connectivity index (χ4v) is 6.26. The number of unbranched alkanes of at least 4 members (excludes halogenated alkanes) is 15. The number of carbonyl (C=O) groups is 2. The van der Waals surface area contributed by atoms with Crippen LogP contribution >= 0.6 is 7.82 Å². The van der Waals surface area contributed by atoms with Gasteiger partial charge >= 0.3 is 19.8 Å². The summed E-state index contributed by atoms with van der Waals surface area (Å²) < 4.78 is 34.2. The Hall–Kier alpha value is -2.29. The quantitative estimate of drug-likeness (QED) is 0.0215. The van der Waals surface area contributed by atoms with Crippen molar-refractivity contribution in [2.24, 2.45) is 0 Å². The Morgan fingerprint density at radius 2 is 0.964 bits per heavy atom. The van der Waals surface area contributed by atoms with E-state index in [9.17, 15) is 19.0 Å². The molecule has 0 aliphatic rings. The third kappa shape index (κ3) is 41.3. The highest BCUT2D eigenvalue weighted by Gasteiger charge is 2.27. The van der Waals surface area contributed by atoms with Gasteiger partial charge in [-0.15, -0.1) is 0 Å². The zero-order chi connectivity index (χ0) is 41.4. The van der Waals surface area contributed by atoms with Crippen LogP contribution in [0.2, 0.25) is 0 Å². The van der Waals surface area contributed by atoms with Crippen LogP contribution in [0.4, 0.5) is 0 Å². The highest BCUT2D eigenvalue weighted by Crippen LogP contribution is 2.43. The van der Waals surface area contributed by atoms with Crippen molar-refractivity contribution in [1.82, 2.24) is 0 Å². The summed E-state index contributed by atoms with van der Waals surface area (Å²) in [6, 6.07) is 0. The third-order valence-corrected chi connectivity index (χ3v) is 10.0. The molecule has 0 bridgehead atoms. The number of allylic oxidation sites excluding steroid dienone is 10. The molecule has 0 rings (SSSR count). The van der Waals surface area contributed by atoms with Crippen molar-refractivity contribution in [3.8, 4) is 0 Å². The second-order valence-electron chi connectivity index (χ2n) is 15.7. The Bertz CT molecular complexity index is 1140. The fraction of sp³-hybridized carbons (Fsp3) is 0.739. The number of carbonyl (C=O) groups excluding carboxylic acids is 2. The first-order chi connectivity index (χ1) is 27.0. The van der Waals surface area contributed by atoms with Gasteiger partial charge in [0.15, 0.2) is 6.10 Å². The second-order valence-corrected chi connectivity index (χ2v) is 17.2. The maximum absolute atomic E-state index is 12.7. The predicted octanol–water partition coefficient (Wildman–Crippen LogP) is 12.5. The van der Waals surface area contributed by atoms with Crippen LogP contribution in [0.5, 0.6) is 0 Å². The number of likely N-dealkylation sites (N-methyl/N-ethyl adjacent to an activating group) is 1. The van der Waals surface area contributed by atoms with Gasteiger partial charge in [0.25, 0.3) is 0 Å². The molecule has 9 nitrogen and oxygen atoms in total. The van der Waals surface area contributed by atoms with E-state index in [0.717, 1.165) is 70.6 Å². The fourth-order valence-electron chi connectivity index (χ4n) is 5.52. The summed E-state index contributed by atoms with van der Waals surface area (Å²) in [7, 11) is 1.44. The maximum Gasteiger partial charge on any atom is 0.472 e. The predicted molar refractivity (Wildman–Crippen MR) is 233 cm³/mol. The summed E-state index contributed by atoms with van der Waals surface area (Å²) in [6.07, 6.45) is 45.5. The van der Waals surface area contributed by atoms with Crippen LogP contribution in [0.15, 0.2) is 60.8 Å². The Morgan fingerprint density at radius 1 is 0.554 bits per heavy atom. The minimum atomic E-state index is -4.39. The largest absolute Gasteiger partial charge is 0.472 e. The lowest BCUT2D eigenvalue weighted by molar-refractivity contribution is -0.870. The van der Waals surface area contributed by atoms with Crippen LogP contribution in [-0.4, -0.2) is 74.9 Å². The summed E-state index contributed by atoms with van der Waals surface area (Å²) >= 11 is 0. The van der Waals surface area contributed by atoms with Crippen molar-refractivity contribution in [2.75, 3.05) is 47.5 Å². The summed E-state index contributed by atoms with van der Waals surface area (Å²) in [5.74, 6) is -0.857.